The molecule has 0 N–H and O–H groups in total. The van der Waals surface area contributed by atoms with E-state index >= 15 is 0 Å². The first-order valence-corrected chi connectivity index (χ1v) is 24.6. The number of rotatable bonds is 45. The van der Waals surface area contributed by atoms with Gasteiger partial charge in [-0.2, -0.15) is 0 Å². The van der Waals surface area contributed by atoms with Crippen molar-refractivity contribution in [2.75, 3.05) is 165 Å². The van der Waals surface area contributed by atoms with Crippen LogP contribution in [-0.2, 0) is 61.3 Å². The highest BCUT2D eigenvalue weighted by atomic mass is 28.4. The molecule has 0 aliphatic heterocycles. The summed E-state index contributed by atoms with van der Waals surface area (Å²) < 4.78 is 73.8. The summed E-state index contributed by atoms with van der Waals surface area (Å²) in [7, 11) is -2.54. The van der Waals surface area contributed by atoms with Crippen molar-refractivity contribution in [3.63, 3.8) is 0 Å². The summed E-state index contributed by atoms with van der Waals surface area (Å²) in [5, 5.41) is 2.48. The van der Waals surface area contributed by atoms with E-state index in [4.69, 9.17) is 61.3 Å². The van der Waals surface area contributed by atoms with E-state index in [9.17, 15) is 0 Å². The van der Waals surface area contributed by atoms with Gasteiger partial charge in [-0.15, -0.1) is 0 Å². The van der Waals surface area contributed by atoms with Gasteiger partial charge in [0.15, 0.2) is 0 Å². The fraction of sp³-hybridized carbons (Fsp3) is 0.745. The Morgan fingerprint density at radius 2 is 0.557 bits per heavy atom. The summed E-state index contributed by atoms with van der Waals surface area (Å²) in [4.78, 5) is 0. The summed E-state index contributed by atoms with van der Waals surface area (Å²) in [5.74, 6) is 0. The van der Waals surface area contributed by atoms with Crippen molar-refractivity contribution >= 4 is 18.7 Å². The number of hydrogen-bond donors (Lipinski definition) is 0. The van der Waals surface area contributed by atoms with Gasteiger partial charge in [-0.3, -0.25) is 0 Å². The molecule has 0 amide bonds. The Labute approximate surface area is 369 Å². The zero-order valence-corrected chi connectivity index (χ0v) is 39.3. The molecule has 2 aromatic rings. The van der Waals surface area contributed by atoms with Crippen LogP contribution in [0.15, 0.2) is 60.7 Å². The van der Waals surface area contributed by atoms with E-state index in [2.05, 4.69) is 88.4 Å². The van der Waals surface area contributed by atoms with E-state index in [1.54, 1.807) is 0 Å². The zero-order valence-electron chi connectivity index (χ0n) is 38.3. The van der Waals surface area contributed by atoms with Gasteiger partial charge in [0.05, 0.1) is 159 Å². The van der Waals surface area contributed by atoms with Crippen LogP contribution >= 0.6 is 0 Å². The summed E-state index contributed by atoms with van der Waals surface area (Å²) >= 11 is 0. The fourth-order valence-electron chi connectivity index (χ4n) is 6.34. The minimum absolute atomic E-state index is 0.0581. The van der Waals surface area contributed by atoms with Crippen molar-refractivity contribution in [2.24, 2.45) is 0 Å². The van der Waals surface area contributed by atoms with E-state index in [-0.39, 0.29) is 5.04 Å². The Kier molecular flexibility index (Phi) is 36.0. The standard InChI is InChI=1S/C47H82O13Si/c1-5-6-7-8-15-20-48-21-22-49-23-24-50-25-26-51-27-28-52-29-30-53-31-32-54-33-34-55-35-36-56-37-38-57-39-40-58-41-42-59-43-44-60-61(47(2,3)4,45-16-11-9-12-17-45)46-18-13-10-14-19-46/h9-14,16-19H,5-8,15,20-44H2,1-4H3. The van der Waals surface area contributed by atoms with Crippen LogP contribution in [0.1, 0.15) is 59.8 Å². The molecule has 0 saturated carbocycles. The lowest BCUT2D eigenvalue weighted by molar-refractivity contribution is -0.0285. The summed E-state index contributed by atoms with van der Waals surface area (Å²) in [5.41, 5.74) is 0. The van der Waals surface area contributed by atoms with Crippen molar-refractivity contribution in [3.8, 4) is 0 Å². The lowest BCUT2D eigenvalue weighted by atomic mass is 10.2. The molecule has 0 fully saturated rings. The van der Waals surface area contributed by atoms with Gasteiger partial charge in [-0.05, 0) is 21.8 Å². The highest BCUT2D eigenvalue weighted by molar-refractivity contribution is 6.99. The number of unbranched alkanes of at least 4 members (excludes halogenated alkanes) is 4. The molecule has 0 aliphatic carbocycles. The molecule has 0 saturated heterocycles. The minimum atomic E-state index is -2.54. The highest BCUT2D eigenvalue weighted by Crippen LogP contribution is 2.36. The van der Waals surface area contributed by atoms with Crippen LogP contribution in [0.2, 0.25) is 5.04 Å². The molecular formula is C47H82O13Si. The molecule has 0 aliphatic rings. The maximum Gasteiger partial charge on any atom is 0.261 e. The molecule has 0 unspecified atom stereocenters. The Morgan fingerprint density at radius 1 is 0.311 bits per heavy atom. The average molecular weight is 883 g/mol. The summed E-state index contributed by atoms with van der Waals surface area (Å²) in [6.45, 7) is 22.5. The molecule has 0 heterocycles. The van der Waals surface area contributed by atoms with Crippen LogP contribution in [0.4, 0.5) is 0 Å². The van der Waals surface area contributed by atoms with Crippen LogP contribution in [0.3, 0.4) is 0 Å². The van der Waals surface area contributed by atoms with Crippen molar-refractivity contribution in [3.05, 3.63) is 60.7 Å². The fourth-order valence-corrected chi connectivity index (χ4v) is 10.9. The Hall–Kier alpha value is -1.86. The maximum atomic E-state index is 6.86. The van der Waals surface area contributed by atoms with Gasteiger partial charge in [0.25, 0.3) is 8.32 Å². The molecule has 0 aromatic heterocycles. The molecule has 2 rings (SSSR count). The van der Waals surface area contributed by atoms with E-state index in [1.807, 2.05) is 0 Å². The van der Waals surface area contributed by atoms with Crippen molar-refractivity contribution in [1.82, 2.24) is 0 Å². The normalized spacial score (nSPS) is 12.1. The largest absolute Gasteiger partial charge is 0.405 e. The van der Waals surface area contributed by atoms with Gasteiger partial charge in [-0.1, -0.05) is 114 Å². The Morgan fingerprint density at radius 3 is 0.820 bits per heavy atom. The molecule has 13 nitrogen and oxygen atoms in total. The second kappa shape index (κ2) is 39.7. The molecule has 352 valence electrons. The topological polar surface area (TPSA) is 120 Å². The smallest absolute Gasteiger partial charge is 0.261 e. The summed E-state index contributed by atoms with van der Waals surface area (Å²) in [6.07, 6.45) is 6.27. The zero-order chi connectivity index (χ0) is 43.6. The lowest BCUT2D eigenvalue weighted by Gasteiger charge is -2.43. The third-order valence-corrected chi connectivity index (χ3v) is 14.5. The van der Waals surface area contributed by atoms with Crippen molar-refractivity contribution < 1.29 is 61.3 Å². The second-order valence-corrected chi connectivity index (χ2v) is 19.6. The first-order valence-electron chi connectivity index (χ1n) is 22.7. The molecule has 0 atom stereocenters. The van der Waals surface area contributed by atoms with Crippen LogP contribution < -0.4 is 10.4 Å². The van der Waals surface area contributed by atoms with Gasteiger partial charge in [-0.25, -0.2) is 0 Å². The van der Waals surface area contributed by atoms with Crippen molar-refractivity contribution in [2.45, 2.75) is 64.8 Å². The molecule has 0 radical (unpaired) electrons. The predicted molar refractivity (Wildman–Crippen MR) is 242 cm³/mol. The van der Waals surface area contributed by atoms with Gasteiger partial charge in [0.1, 0.15) is 0 Å². The Bertz CT molecular complexity index is 1150. The lowest BCUT2D eigenvalue weighted by Crippen LogP contribution is -2.66. The highest BCUT2D eigenvalue weighted by Gasteiger charge is 2.50. The average Bonchev–Trinajstić information content (AvgIpc) is 3.27. The first kappa shape index (κ1) is 55.3. The molecule has 2 aromatic carbocycles. The van der Waals surface area contributed by atoms with Crippen LogP contribution in [0, 0.1) is 0 Å². The van der Waals surface area contributed by atoms with E-state index in [0.29, 0.717) is 159 Å². The molecular weight excluding hydrogens is 801 g/mol. The van der Waals surface area contributed by atoms with Gasteiger partial charge < -0.3 is 61.3 Å². The quantitative estimate of drug-likeness (QED) is 0.0596. The molecule has 61 heavy (non-hydrogen) atoms. The predicted octanol–water partition coefficient (Wildman–Crippen LogP) is 5.73. The van der Waals surface area contributed by atoms with Crippen molar-refractivity contribution in [1.29, 1.82) is 0 Å². The monoisotopic (exact) mass is 883 g/mol. The number of hydrogen-bond acceptors (Lipinski definition) is 13. The maximum absolute atomic E-state index is 6.86. The SMILES string of the molecule is CCCCCCCOCCOCCOCCOCCOCCOCCOCCOCCOCCOCCOCCOCCO[Si](c1ccccc1)(c1ccccc1)C(C)(C)C. The minimum Gasteiger partial charge on any atom is -0.405 e. The molecule has 14 heteroatoms. The van der Waals surface area contributed by atoms with Gasteiger partial charge in [0.2, 0.25) is 0 Å². The first-order chi connectivity index (χ1) is 30.0. The van der Waals surface area contributed by atoms with Crippen LogP contribution in [0.5, 0.6) is 0 Å². The van der Waals surface area contributed by atoms with Crippen LogP contribution in [-0.4, -0.2) is 173 Å². The number of benzene rings is 2. The second-order valence-electron chi connectivity index (χ2n) is 15.3. The molecule has 0 spiro atoms. The van der Waals surface area contributed by atoms with E-state index in [0.717, 1.165) is 13.0 Å². The van der Waals surface area contributed by atoms with E-state index < -0.39 is 8.32 Å². The van der Waals surface area contributed by atoms with E-state index in [1.165, 1.54) is 36.1 Å². The van der Waals surface area contributed by atoms with Crippen LogP contribution in [0.25, 0.3) is 0 Å². The third kappa shape index (κ3) is 28.5. The third-order valence-electron chi connectivity index (χ3n) is 9.45. The number of ether oxygens (including phenoxy) is 12. The van der Waals surface area contributed by atoms with Gasteiger partial charge >= 0.3 is 0 Å². The molecule has 0 bridgehead atoms. The van der Waals surface area contributed by atoms with Gasteiger partial charge in [0, 0.05) is 6.61 Å². The summed E-state index contributed by atoms with van der Waals surface area (Å²) in [6, 6.07) is 21.3. The Balaban J connectivity index is 1.24.